The van der Waals surface area contributed by atoms with E-state index in [0.717, 1.165) is 79.6 Å². The summed E-state index contributed by atoms with van der Waals surface area (Å²) in [6.45, 7) is 5.76. The summed E-state index contributed by atoms with van der Waals surface area (Å²) in [6, 6.07) is 12.3. The smallest absolute Gasteiger partial charge is 0.260 e. The number of carbonyl (C=O) groups is 1. The van der Waals surface area contributed by atoms with Crippen LogP contribution in [0.15, 0.2) is 51.8 Å². The van der Waals surface area contributed by atoms with E-state index in [9.17, 15) is 13.2 Å². The number of sulfonamides is 1. The molecule has 0 spiro atoms. The number of amides is 1. The van der Waals surface area contributed by atoms with E-state index < -0.39 is 10.0 Å². The second-order valence-electron chi connectivity index (χ2n) is 9.72. The summed E-state index contributed by atoms with van der Waals surface area (Å²) in [7, 11) is -3.57. The van der Waals surface area contributed by atoms with Crippen molar-refractivity contribution in [2.75, 3.05) is 57.4 Å². The molecule has 1 aromatic heterocycles. The molecule has 5 rings (SSSR count). The van der Waals surface area contributed by atoms with Crippen LogP contribution in [-0.2, 0) is 14.8 Å². The molecule has 2 aliphatic heterocycles. The molecule has 2 aliphatic rings. The van der Waals surface area contributed by atoms with Crippen LogP contribution >= 0.6 is 39.7 Å². The molecule has 2 saturated heterocycles. The Bertz CT molecular complexity index is 1360. The second-order valence-corrected chi connectivity index (χ2v) is 13.6. The lowest BCUT2D eigenvalue weighted by Crippen LogP contribution is -2.39. The molecule has 2 fully saturated rings. The summed E-state index contributed by atoms with van der Waals surface area (Å²) in [5, 5.41) is 0.645. The average molecular weight is 658 g/mol. The van der Waals surface area contributed by atoms with Crippen LogP contribution in [0.25, 0.3) is 10.2 Å². The predicted molar refractivity (Wildman–Crippen MR) is 162 cm³/mol. The molecule has 212 valence electrons. The Morgan fingerprint density at radius 3 is 2.38 bits per heavy atom. The van der Waals surface area contributed by atoms with Crippen molar-refractivity contribution in [2.45, 2.75) is 37.0 Å². The molecule has 8 nitrogen and oxygen atoms in total. The lowest BCUT2D eigenvalue weighted by Gasteiger charge is -2.27. The van der Waals surface area contributed by atoms with Gasteiger partial charge in [-0.1, -0.05) is 40.1 Å². The van der Waals surface area contributed by atoms with Crippen molar-refractivity contribution in [2.24, 2.45) is 0 Å². The number of anilines is 1. The van der Waals surface area contributed by atoms with Crippen LogP contribution in [0.5, 0.6) is 0 Å². The molecule has 3 heterocycles. The molecule has 1 amide bonds. The first-order valence-corrected chi connectivity index (χ1v) is 16.2. The summed E-state index contributed by atoms with van der Waals surface area (Å²) >= 11 is 5.00. The van der Waals surface area contributed by atoms with Crippen molar-refractivity contribution < 1.29 is 17.9 Å². The quantitative estimate of drug-likeness (QED) is 0.322. The van der Waals surface area contributed by atoms with Gasteiger partial charge in [-0.05, 0) is 61.7 Å². The molecular formula is C27H34BrClN4O4S2. The van der Waals surface area contributed by atoms with Gasteiger partial charge in [0.25, 0.3) is 5.91 Å². The number of ether oxygens (including phenoxy) is 1. The minimum Gasteiger partial charge on any atom is -0.379 e. The summed E-state index contributed by atoms with van der Waals surface area (Å²) in [4.78, 5) is 22.8. The van der Waals surface area contributed by atoms with Crippen molar-refractivity contribution in [3.8, 4) is 0 Å². The first-order valence-electron chi connectivity index (χ1n) is 13.2. The fraction of sp³-hybridized carbons (Fsp3) is 0.481. The maximum absolute atomic E-state index is 13.8. The van der Waals surface area contributed by atoms with Gasteiger partial charge >= 0.3 is 0 Å². The zero-order valence-corrected chi connectivity index (χ0v) is 25.8. The van der Waals surface area contributed by atoms with Crippen molar-refractivity contribution in [3.63, 3.8) is 0 Å². The summed E-state index contributed by atoms with van der Waals surface area (Å²) in [6.07, 6.45) is 4.68. The van der Waals surface area contributed by atoms with Gasteiger partial charge in [-0.25, -0.2) is 13.4 Å². The van der Waals surface area contributed by atoms with E-state index in [4.69, 9.17) is 9.72 Å². The average Bonchev–Trinajstić information content (AvgIpc) is 3.14. The molecule has 0 atom stereocenters. The van der Waals surface area contributed by atoms with Crippen molar-refractivity contribution in [1.82, 2.24) is 14.2 Å². The van der Waals surface area contributed by atoms with Crippen molar-refractivity contribution in [1.29, 1.82) is 0 Å². The van der Waals surface area contributed by atoms with E-state index in [1.54, 1.807) is 33.5 Å². The Morgan fingerprint density at radius 2 is 1.69 bits per heavy atom. The number of halogens is 2. The van der Waals surface area contributed by atoms with Crippen LogP contribution in [0.2, 0.25) is 0 Å². The predicted octanol–water partition coefficient (Wildman–Crippen LogP) is 5.41. The number of rotatable bonds is 8. The first-order chi connectivity index (χ1) is 18.4. The van der Waals surface area contributed by atoms with E-state index >= 15 is 0 Å². The molecule has 0 aliphatic carbocycles. The molecule has 3 aromatic rings. The molecule has 12 heteroatoms. The maximum atomic E-state index is 13.8. The Hall–Kier alpha value is -1.60. The van der Waals surface area contributed by atoms with Crippen LogP contribution < -0.4 is 4.90 Å². The lowest BCUT2D eigenvalue weighted by molar-refractivity contribution is 0.0376. The number of nitrogens with zero attached hydrogens (tertiary/aromatic N) is 4. The van der Waals surface area contributed by atoms with Gasteiger partial charge < -0.3 is 4.74 Å². The minimum atomic E-state index is -3.57. The number of morpholine rings is 1. The molecule has 0 bridgehead atoms. The van der Waals surface area contributed by atoms with E-state index in [2.05, 4.69) is 20.8 Å². The number of carbonyl (C=O) groups excluding carboxylic acids is 1. The molecule has 0 unspecified atom stereocenters. The topological polar surface area (TPSA) is 83.1 Å². The first kappa shape index (κ1) is 30.4. The number of aromatic nitrogens is 1. The van der Waals surface area contributed by atoms with Gasteiger partial charge in [0.1, 0.15) is 0 Å². The van der Waals surface area contributed by atoms with Crippen LogP contribution in [0.3, 0.4) is 0 Å². The van der Waals surface area contributed by atoms with E-state index in [0.29, 0.717) is 30.3 Å². The zero-order chi connectivity index (χ0) is 26.5. The monoisotopic (exact) mass is 656 g/mol. The summed E-state index contributed by atoms with van der Waals surface area (Å²) < 4.78 is 35.4. The van der Waals surface area contributed by atoms with Crippen molar-refractivity contribution >= 4 is 71.0 Å². The Morgan fingerprint density at radius 1 is 1.00 bits per heavy atom. The highest BCUT2D eigenvalue weighted by atomic mass is 79.9. The third kappa shape index (κ3) is 7.38. The van der Waals surface area contributed by atoms with Crippen molar-refractivity contribution in [3.05, 3.63) is 52.5 Å². The molecule has 2 aromatic carbocycles. The standard InChI is InChI=1S/C27H33BrN4O4S2.ClH/c28-22-8-11-24-25(20-22)37-27(29-24)32(15-5-12-30-16-18-36-19-17-30)26(33)21-6-9-23(10-7-21)38(34,35)31-13-3-1-2-4-14-31;/h6-11,20H,1-5,12-19H2;1H. The Kier molecular flexibility index (Phi) is 10.8. The van der Waals surface area contributed by atoms with E-state index in [1.807, 2.05) is 18.2 Å². The van der Waals surface area contributed by atoms with E-state index in [1.165, 1.54) is 11.3 Å². The number of hydrogen-bond acceptors (Lipinski definition) is 7. The largest absolute Gasteiger partial charge is 0.379 e. The molecule has 0 saturated carbocycles. The molecule has 39 heavy (non-hydrogen) atoms. The number of thiazole rings is 1. The lowest BCUT2D eigenvalue weighted by atomic mass is 10.2. The third-order valence-corrected chi connectivity index (χ3v) is 10.5. The van der Waals surface area contributed by atoms with Gasteiger partial charge in [0, 0.05) is 49.3 Å². The molecule has 0 N–H and O–H groups in total. The Balaban J connectivity index is 0.00000353. The van der Waals surface area contributed by atoms with Gasteiger partial charge in [-0.3, -0.25) is 14.6 Å². The number of hydrogen-bond donors (Lipinski definition) is 0. The van der Waals surface area contributed by atoms with Gasteiger partial charge in [0.2, 0.25) is 10.0 Å². The fourth-order valence-corrected chi connectivity index (χ4v) is 7.98. The van der Waals surface area contributed by atoms with Crippen LogP contribution in [-0.4, -0.2) is 81.0 Å². The Labute approximate surface area is 248 Å². The third-order valence-electron chi connectivity index (χ3n) is 7.08. The number of benzene rings is 2. The van der Waals surface area contributed by atoms with E-state index in [-0.39, 0.29) is 23.2 Å². The SMILES string of the molecule is Cl.O=C(c1ccc(S(=O)(=O)N2CCCCCC2)cc1)N(CCCN1CCOCC1)c1nc2ccc(Br)cc2s1. The zero-order valence-electron chi connectivity index (χ0n) is 21.8. The normalized spacial score (nSPS) is 17.5. The minimum absolute atomic E-state index is 0. The fourth-order valence-electron chi connectivity index (χ4n) is 4.92. The second kappa shape index (κ2) is 13.8. The van der Waals surface area contributed by atoms with Crippen LogP contribution in [0, 0.1) is 0 Å². The highest BCUT2D eigenvalue weighted by molar-refractivity contribution is 9.10. The van der Waals surface area contributed by atoms with Gasteiger partial charge in [-0.2, -0.15) is 4.31 Å². The van der Waals surface area contributed by atoms with Gasteiger partial charge in [0.15, 0.2) is 5.13 Å². The summed E-state index contributed by atoms with van der Waals surface area (Å²) in [5.74, 6) is -0.177. The van der Waals surface area contributed by atoms with Gasteiger partial charge in [0.05, 0.1) is 28.3 Å². The molecular weight excluding hydrogens is 624 g/mol. The van der Waals surface area contributed by atoms with Crippen LogP contribution in [0.4, 0.5) is 5.13 Å². The summed E-state index contributed by atoms with van der Waals surface area (Å²) in [5.41, 5.74) is 1.30. The van der Waals surface area contributed by atoms with Gasteiger partial charge in [-0.15, -0.1) is 12.4 Å². The highest BCUT2D eigenvalue weighted by Gasteiger charge is 2.27. The van der Waals surface area contributed by atoms with Crippen LogP contribution in [0.1, 0.15) is 42.5 Å². The maximum Gasteiger partial charge on any atom is 0.260 e. The number of fused-ring (bicyclic) bond motifs is 1. The molecule has 0 radical (unpaired) electrons. The highest BCUT2D eigenvalue weighted by Crippen LogP contribution is 2.32.